The molecule has 0 aliphatic carbocycles. The van der Waals surface area contributed by atoms with E-state index in [-0.39, 0.29) is 29.5 Å². The number of ether oxygens (including phenoxy) is 2. The number of amides is 3. The molecule has 2 saturated heterocycles. The Kier molecular flexibility index (Phi) is 7.40. The van der Waals surface area contributed by atoms with Crippen molar-refractivity contribution in [1.82, 2.24) is 9.80 Å². The minimum absolute atomic E-state index is 0.140. The maximum atomic E-state index is 12.8. The lowest BCUT2D eigenvalue weighted by atomic mass is 10.1. The van der Waals surface area contributed by atoms with Gasteiger partial charge in [0.1, 0.15) is 13.2 Å². The van der Waals surface area contributed by atoms with Gasteiger partial charge >= 0.3 is 5.97 Å². The van der Waals surface area contributed by atoms with Crippen LogP contribution in [0.4, 0.5) is 4.79 Å². The molecule has 2 aromatic carbocycles. The van der Waals surface area contributed by atoms with Crippen molar-refractivity contribution in [3.05, 3.63) is 64.1 Å². The van der Waals surface area contributed by atoms with Gasteiger partial charge in [0.05, 0.1) is 17.6 Å². The topological polar surface area (TPSA) is 113 Å². The van der Waals surface area contributed by atoms with Gasteiger partial charge in [0.25, 0.3) is 11.1 Å². The number of aromatic carboxylic acids is 1. The molecule has 2 fully saturated rings. The number of nitrogens with zero attached hydrogens (tertiary/aromatic N) is 2. The summed E-state index contributed by atoms with van der Waals surface area (Å²) in [5.74, 6) is -0.877. The molecule has 1 N–H and O–H groups in total. The van der Waals surface area contributed by atoms with E-state index in [0.29, 0.717) is 35.7 Å². The molecule has 0 saturated carbocycles. The third-order valence-electron chi connectivity index (χ3n) is 5.68. The van der Waals surface area contributed by atoms with Crippen molar-refractivity contribution in [3.63, 3.8) is 0 Å². The van der Waals surface area contributed by atoms with Crippen LogP contribution in [-0.2, 0) is 16.2 Å². The second kappa shape index (κ2) is 10.6. The first-order valence-electron chi connectivity index (χ1n) is 11.0. The minimum Gasteiger partial charge on any atom is -0.493 e. The van der Waals surface area contributed by atoms with Crippen LogP contribution in [0, 0.1) is 0 Å². The van der Waals surface area contributed by atoms with Crippen LogP contribution in [0.5, 0.6) is 11.5 Å². The molecule has 10 heteroatoms. The van der Waals surface area contributed by atoms with Gasteiger partial charge in [0.2, 0.25) is 5.91 Å². The third kappa shape index (κ3) is 5.65. The van der Waals surface area contributed by atoms with Gasteiger partial charge in [-0.1, -0.05) is 18.2 Å². The predicted molar refractivity (Wildman–Crippen MR) is 129 cm³/mol. The van der Waals surface area contributed by atoms with E-state index in [1.54, 1.807) is 41.3 Å². The van der Waals surface area contributed by atoms with Crippen LogP contribution in [0.1, 0.15) is 34.3 Å². The molecular formula is C25H24N2O7S. The Morgan fingerprint density at radius 2 is 1.86 bits per heavy atom. The summed E-state index contributed by atoms with van der Waals surface area (Å²) in [7, 11) is 1.48. The molecule has 9 nitrogen and oxygen atoms in total. The first kappa shape index (κ1) is 24.3. The Labute approximate surface area is 206 Å². The number of hydrogen-bond donors (Lipinski definition) is 1. The number of carbonyl (C=O) groups is 4. The van der Waals surface area contributed by atoms with E-state index in [0.717, 1.165) is 29.5 Å². The van der Waals surface area contributed by atoms with Crippen molar-refractivity contribution >= 4 is 40.9 Å². The first-order chi connectivity index (χ1) is 16.9. The number of carboxylic acid groups (broad SMARTS) is 1. The number of imide groups is 1. The van der Waals surface area contributed by atoms with Gasteiger partial charge in [-0.3, -0.25) is 19.3 Å². The molecule has 0 spiro atoms. The molecule has 2 aliphatic rings. The van der Waals surface area contributed by atoms with Crippen LogP contribution >= 0.6 is 11.8 Å². The third-order valence-corrected chi connectivity index (χ3v) is 6.59. The van der Waals surface area contributed by atoms with Crippen LogP contribution in [0.2, 0.25) is 0 Å². The molecule has 0 unspecified atom stereocenters. The monoisotopic (exact) mass is 496 g/mol. The number of likely N-dealkylation sites (tertiary alicyclic amines) is 1. The average Bonchev–Trinajstić information content (AvgIpc) is 3.48. The second-order valence-electron chi connectivity index (χ2n) is 8.06. The molecule has 2 aromatic rings. The van der Waals surface area contributed by atoms with Crippen molar-refractivity contribution in [1.29, 1.82) is 0 Å². The van der Waals surface area contributed by atoms with E-state index in [2.05, 4.69) is 0 Å². The zero-order chi connectivity index (χ0) is 24.9. The van der Waals surface area contributed by atoms with Crippen LogP contribution < -0.4 is 9.47 Å². The van der Waals surface area contributed by atoms with Crippen molar-refractivity contribution in [3.8, 4) is 11.5 Å². The summed E-state index contributed by atoms with van der Waals surface area (Å²) in [6, 6.07) is 11.5. The lowest BCUT2D eigenvalue weighted by molar-refractivity contribution is -0.135. The molecule has 182 valence electrons. The van der Waals surface area contributed by atoms with Crippen molar-refractivity contribution < 1.29 is 33.8 Å². The number of methoxy groups -OCH3 is 1. The number of carboxylic acids is 1. The molecule has 2 heterocycles. The highest BCUT2D eigenvalue weighted by Gasteiger charge is 2.37. The van der Waals surface area contributed by atoms with E-state index >= 15 is 0 Å². The summed E-state index contributed by atoms with van der Waals surface area (Å²) in [5, 5.41) is 8.67. The molecule has 0 atom stereocenters. The van der Waals surface area contributed by atoms with Gasteiger partial charge in [0, 0.05) is 13.1 Å². The molecule has 3 amide bonds. The Morgan fingerprint density at radius 1 is 1.09 bits per heavy atom. The van der Waals surface area contributed by atoms with Crippen LogP contribution in [0.25, 0.3) is 6.08 Å². The van der Waals surface area contributed by atoms with Crippen molar-refractivity contribution in [2.75, 3.05) is 26.7 Å². The summed E-state index contributed by atoms with van der Waals surface area (Å²) >= 11 is 0.798. The lowest BCUT2D eigenvalue weighted by Gasteiger charge is -2.18. The maximum absolute atomic E-state index is 12.8. The van der Waals surface area contributed by atoms with E-state index in [1.807, 2.05) is 0 Å². The highest BCUT2D eigenvalue weighted by molar-refractivity contribution is 8.18. The Bertz CT molecular complexity index is 1200. The molecule has 0 radical (unpaired) electrons. The van der Waals surface area contributed by atoms with Gasteiger partial charge in [0.15, 0.2) is 11.5 Å². The Hall–Kier alpha value is -3.79. The first-order valence-corrected chi connectivity index (χ1v) is 11.8. The normalized spacial score (nSPS) is 16.8. The number of benzene rings is 2. The smallest absolute Gasteiger partial charge is 0.335 e. The number of thioether (sulfide) groups is 1. The fraction of sp³-hybridized carbons (Fsp3) is 0.280. The number of carbonyl (C=O) groups excluding carboxylic acids is 3. The van der Waals surface area contributed by atoms with E-state index in [1.165, 1.54) is 19.2 Å². The van der Waals surface area contributed by atoms with Crippen LogP contribution in [0.3, 0.4) is 0 Å². The van der Waals surface area contributed by atoms with Crippen LogP contribution in [0.15, 0.2) is 47.4 Å². The quantitative estimate of drug-likeness (QED) is 0.551. The van der Waals surface area contributed by atoms with E-state index in [9.17, 15) is 19.2 Å². The molecule has 35 heavy (non-hydrogen) atoms. The number of hydrogen-bond acceptors (Lipinski definition) is 7. The molecule has 0 aromatic heterocycles. The molecular weight excluding hydrogens is 472 g/mol. The maximum Gasteiger partial charge on any atom is 0.335 e. The predicted octanol–water partition coefficient (Wildman–Crippen LogP) is 3.63. The molecule has 0 bridgehead atoms. The summed E-state index contributed by atoms with van der Waals surface area (Å²) < 4.78 is 11.2. The second-order valence-corrected chi connectivity index (χ2v) is 9.05. The van der Waals surface area contributed by atoms with Crippen LogP contribution in [-0.4, -0.2) is 64.7 Å². The lowest BCUT2D eigenvalue weighted by Crippen LogP contribution is -2.40. The van der Waals surface area contributed by atoms with Crippen molar-refractivity contribution in [2.24, 2.45) is 0 Å². The summed E-state index contributed by atoms with van der Waals surface area (Å²) in [5.41, 5.74) is 1.48. The highest BCUT2D eigenvalue weighted by atomic mass is 32.2. The zero-order valence-electron chi connectivity index (χ0n) is 19.1. The van der Waals surface area contributed by atoms with Gasteiger partial charge in [-0.2, -0.15) is 0 Å². The molecule has 2 aliphatic heterocycles. The SMILES string of the molecule is COc1cc(C=C2SC(=O)N(CC(=O)N3CCCC3)C2=O)ccc1OCc1cccc(C(=O)O)c1. The van der Waals surface area contributed by atoms with Gasteiger partial charge in [-0.05, 0) is 66.1 Å². The van der Waals surface area contributed by atoms with Gasteiger partial charge in [-0.25, -0.2) is 4.79 Å². The average molecular weight is 497 g/mol. The Morgan fingerprint density at radius 3 is 2.57 bits per heavy atom. The van der Waals surface area contributed by atoms with E-state index in [4.69, 9.17) is 14.6 Å². The molecule has 4 rings (SSSR count). The zero-order valence-corrected chi connectivity index (χ0v) is 19.9. The number of rotatable bonds is 8. The van der Waals surface area contributed by atoms with Gasteiger partial charge < -0.3 is 19.5 Å². The van der Waals surface area contributed by atoms with E-state index < -0.39 is 17.1 Å². The summed E-state index contributed by atoms with van der Waals surface area (Å²) in [6.07, 6.45) is 3.45. The van der Waals surface area contributed by atoms with Crippen molar-refractivity contribution in [2.45, 2.75) is 19.4 Å². The minimum atomic E-state index is -1.02. The largest absolute Gasteiger partial charge is 0.493 e. The fourth-order valence-corrected chi connectivity index (χ4v) is 4.68. The summed E-state index contributed by atoms with van der Waals surface area (Å²) in [4.78, 5) is 51.6. The highest BCUT2D eigenvalue weighted by Crippen LogP contribution is 2.35. The Balaban J connectivity index is 1.44. The standard InChI is InChI=1S/C25H24N2O7S/c1-33-20-12-16(7-8-19(20)34-15-17-5-4-6-18(11-17)24(30)31)13-21-23(29)27(25(32)35-21)14-22(28)26-9-2-3-10-26/h4-8,11-13H,2-3,9-10,14-15H2,1H3,(H,30,31). The summed E-state index contributed by atoms with van der Waals surface area (Å²) in [6.45, 7) is 1.20. The fourth-order valence-electron chi connectivity index (χ4n) is 3.84. The van der Waals surface area contributed by atoms with Gasteiger partial charge in [-0.15, -0.1) is 0 Å².